The number of aliphatic hydroxyl groups is 1. The van der Waals surface area contributed by atoms with E-state index in [1.165, 1.54) is 5.56 Å². The van der Waals surface area contributed by atoms with Crippen LogP contribution in [0.4, 0.5) is 0 Å². The van der Waals surface area contributed by atoms with Crippen molar-refractivity contribution in [2.45, 2.75) is 24.7 Å². The molecule has 0 spiro atoms. The Morgan fingerprint density at radius 3 is 3.07 bits per heavy atom. The molecule has 1 unspecified atom stereocenters. The van der Waals surface area contributed by atoms with E-state index in [2.05, 4.69) is 16.4 Å². The van der Waals surface area contributed by atoms with Crippen LogP contribution in [0, 0.1) is 0 Å². The molecule has 0 saturated carbocycles. The fraction of sp³-hybridized carbons (Fsp3) is 0.583. The van der Waals surface area contributed by atoms with Gasteiger partial charge in [-0.15, -0.1) is 0 Å². The average molecular weight is 206 g/mol. The molecule has 1 atom stereocenters. The highest BCUT2D eigenvalue weighted by atomic mass is 16.3. The largest absolute Gasteiger partial charge is 0.395 e. The maximum atomic E-state index is 9.66. The summed E-state index contributed by atoms with van der Waals surface area (Å²) in [5.74, 6) is 0. The summed E-state index contributed by atoms with van der Waals surface area (Å²) in [5.41, 5.74) is 1.11. The van der Waals surface area contributed by atoms with Crippen molar-refractivity contribution in [2.75, 3.05) is 19.7 Å². The molecule has 1 aromatic rings. The lowest BCUT2D eigenvalue weighted by molar-refractivity contribution is 0.178. The van der Waals surface area contributed by atoms with Crippen LogP contribution >= 0.6 is 0 Å². The minimum absolute atomic E-state index is 0.0717. The first kappa shape index (κ1) is 10.6. The highest BCUT2D eigenvalue weighted by Crippen LogP contribution is 2.32. The molecule has 0 aromatic carbocycles. The molecule has 0 aliphatic carbocycles. The lowest BCUT2D eigenvalue weighted by Crippen LogP contribution is -2.31. The summed E-state index contributed by atoms with van der Waals surface area (Å²) < 4.78 is 0. The molecule has 82 valence electrons. The summed E-state index contributed by atoms with van der Waals surface area (Å²) in [4.78, 5) is 4.15. The van der Waals surface area contributed by atoms with Gasteiger partial charge in [0.15, 0.2) is 0 Å². The topological polar surface area (TPSA) is 45.2 Å². The van der Waals surface area contributed by atoms with Gasteiger partial charge in [0.1, 0.15) is 0 Å². The molecular weight excluding hydrogens is 188 g/mol. The normalized spacial score (nSPS) is 27.3. The number of nitrogens with zero attached hydrogens (tertiary/aromatic N) is 1. The third-order valence-corrected chi connectivity index (χ3v) is 3.37. The lowest BCUT2D eigenvalue weighted by atomic mass is 9.76. The molecule has 15 heavy (non-hydrogen) atoms. The van der Waals surface area contributed by atoms with Gasteiger partial charge < -0.3 is 10.4 Å². The summed E-state index contributed by atoms with van der Waals surface area (Å²) in [5, 5.41) is 13.0. The Morgan fingerprint density at radius 1 is 1.40 bits per heavy atom. The number of aliphatic hydroxyl groups excluding tert-OH is 1. The predicted molar refractivity (Wildman–Crippen MR) is 59.7 cm³/mol. The Bertz CT molecular complexity index is 292. The van der Waals surface area contributed by atoms with Crippen LogP contribution in [0.3, 0.4) is 0 Å². The molecule has 0 radical (unpaired) electrons. The van der Waals surface area contributed by atoms with Crippen molar-refractivity contribution in [3.05, 3.63) is 30.1 Å². The summed E-state index contributed by atoms with van der Waals surface area (Å²) in [6, 6.07) is 4.03. The van der Waals surface area contributed by atoms with Crippen molar-refractivity contribution in [1.29, 1.82) is 0 Å². The van der Waals surface area contributed by atoms with Crippen LogP contribution in [-0.2, 0) is 5.41 Å². The quantitative estimate of drug-likeness (QED) is 0.761. The first-order chi connectivity index (χ1) is 7.37. The van der Waals surface area contributed by atoms with Gasteiger partial charge >= 0.3 is 0 Å². The minimum Gasteiger partial charge on any atom is -0.395 e. The molecular formula is C12H18N2O. The highest BCUT2D eigenvalue weighted by Gasteiger charge is 2.32. The van der Waals surface area contributed by atoms with Crippen molar-refractivity contribution < 1.29 is 5.11 Å². The van der Waals surface area contributed by atoms with E-state index in [9.17, 15) is 5.11 Å². The van der Waals surface area contributed by atoms with Gasteiger partial charge in [-0.05, 0) is 44.0 Å². The molecule has 0 amide bonds. The molecule has 1 aliphatic heterocycles. The van der Waals surface area contributed by atoms with Crippen LogP contribution in [0.5, 0.6) is 0 Å². The molecule has 3 heteroatoms. The van der Waals surface area contributed by atoms with Crippen LogP contribution < -0.4 is 5.32 Å². The average Bonchev–Trinajstić information content (AvgIpc) is 2.56. The summed E-state index contributed by atoms with van der Waals surface area (Å²) in [7, 11) is 0. The van der Waals surface area contributed by atoms with E-state index in [4.69, 9.17) is 0 Å². The lowest BCUT2D eigenvalue weighted by Gasteiger charge is -2.30. The van der Waals surface area contributed by atoms with Gasteiger partial charge in [0.05, 0.1) is 6.61 Å². The van der Waals surface area contributed by atoms with E-state index in [1.807, 2.05) is 12.3 Å². The Labute approximate surface area is 90.5 Å². The van der Waals surface area contributed by atoms with E-state index >= 15 is 0 Å². The van der Waals surface area contributed by atoms with Crippen LogP contribution in [0.25, 0.3) is 0 Å². The second-order valence-corrected chi connectivity index (χ2v) is 4.28. The van der Waals surface area contributed by atoms with Gasteiger partial charge in [0.25, 0.3) is 0 Å². The fourth-order valence-electron chi connectivity index (χ4n) is 2.34. The first-order valence-corrected chi connectivity index (χ1v) is 5.59. The summed E-state index contributed by atoms with van der Waals surface area (Å²) in [6.07, 6.45) is 6.83. The number of hydrogen-bond acceptors (Lipinski definition) is 3. The number of pyridine rings is 1. The van der Waals surface area contributed by atoms with Gasteiger partial charge in [0, 0.05) is 17.8 Å². The van der Waals surface area contributed by atoms with Crippen molar-refractivity contribution in [1.82, 2.24) is 10.3 Å². The Balaban J connectivity index is 2.27. The number of nitrogens with one attached hydrogen (secondary N) is 1. The Kier molecular flexibility index (Phi) is 3.34. The smallest absolute Gasteiger partial charge is 0.0528 e. The van der Waals surface area contributed by atoms with Gasteiger partial charge in [-0.25, -0.2) is 0 Å². The minimum atomic E-state index is -0.0717. The third-order valence-electron chi connectivity index (χ3n) is 3.37. The maximum Gasteiger partial charge on any atom is 0.0528 e. The van der Waals surface area contributed by atoms with Gasteiger partial charge in [-0.1, -0.05) is 6.07 Å². The zero-order valence-corrected chi connectivity index (χ0v) is 8.95. The van der Waals surface area contributed by atoms with Gasteiger partial charge in [-0.2, -0.15) is 0 Å². The Morgan fingerprint density at radius 2 is 2.33 bits per heavy atom. The predicted octanol–water partition coefficient (Wildman–Crippen LogP) is 1.09. The van der Waals surface area contributed by atoms with Crippen LogP contribution in [0.1, 0.15) is 24.8 Å². The molecule has 2 N–H and O–H groups in total. The van der Waals surface area contributed by atoms with E-state index in [1.54, 1.807) is 6.20 Å². The molecule has 2 rings (SSSR count). The van der Waals surface area contributed by atoms with Crippen LogP contribution in [0.2, 0.25) is 0 Å². The van der Waals surface area contributed by atoms with E-state index < -0.39 is 0 Å². The SMILES string of the molecule is OCC1(c2cccnc2)CCCNCC1. The molecule has 1 aromatic heterocycles. The molecule has 1 aliphatic rings. The molecule has 2 heterocycles. The second kappa shape index (κ2) is 4.73. The van der Waals surface area contributed by atoms with Crippen molar-refractivity contribution >= 4 is 0 Å². The Hall–Kier alpha value is -0.930. The molecule has 3 nitrogen and oxygen atoms in total. The molecule has 0 bridgehead atoms. The zero-order chi connectivity index (χ0) is 10.6. The third kappa shape index (κ3) is 2.19. The van der Waals surface area contributed by atoms with E-state index in [-0.39, 0.29) is 12.0 Å². The van der Waals surface area contributed by atoms with Crippen molar-refractivity contribution in [2.24, 2.45) is 0 Å². The maximum absolute atomic E-state index is 9.66. The first-order valence-electron chi connectivity index (χ1n) is 5.59. The number of aromatic nitrogens is 1. The van der Waals surface area contributed by atoms with Crippen molar-refractivity contribution in [3.8, 4) is 0 Å². The zero-order valence-electron chi connectivity index (χ0n) is 8.95. The molecule has 1 fully saturated rings. The number of rotatable bonds is 2. The summed E-state index contributed by atoms with van der Waals surface area (Å²) in [6.45, 7) is 2.26. The fourth-order valence-corrected chi connectivity index (χ4v) is 2.34. The van der Waals surface area contributed by atoms with E-state index in [0.29, 0.717) is 0 Å². The second-order valence-electron chi connectivity index (χ2n) is 4.28. The monoisotopic (exact) mass is 206 g/mol. The molecule has 1 saturated heterocycles. The van der Waals surface area contributed by atoms with E-state index in [0.717, 1.165) is 32.4 Å². The number of hydrogen-bond donors (Lipinski definition) is 2. The van der Waals surface area contributed by atoms with Crippen LogP contribution in [0.15, 0.2) is 24.5 Å². The standard InChI is InChI=1S/C12H18N2O/c15-10-12(4-2-7-13-8-5-12)11-3-1-6-14-9-11/h1,3,6,9,13,15H,2,4-5,7-8,10H2. The highest BCUT2D eigenvalue weighted by molar-refractivity contribution is 5.22. The van der Waals surface area contributed by atoms with Gasteiger partial charge in [-0.3, -0.25) is 4.98 Å². The van der Waals surface area contributed by atoms with Gasteiger partial charge in [0.2, 0.25) is 0 Å². The summed E-state index contributed by atoms with van der Waals surface area (Å²) >= 11 is 0. The van der Waals surface area contributed by atoms with Crippen LogP contribution in [-0.4, -0.2) is 29.8 Å². The van der Waals surface area contributed by atoms with Crippen molar-refractivity contribution in [3.63, 3.8) is 0 Å².